The van der Waals surface area contributed by atoms with Gasteiger partial charge in [0.05, 0.1) is 18.6 Å². The highest BCUT2D eigenvalue weighted by atomic mass is 32.1. The van der Waals surface area contributed by atoms with Crippen LogP contribution in [0.2, 0.25) is 0 Å². The second-order valence-electron chi connectivity index (χ2n) is 5.54. The van der Waals surface area contributed by atoms with Gasteiger partial charge in [-0.3, -0.25) is 14.3 Å². The zero-order valence-corrected chi connectivity index (χ0v) is 14.6. The summed E-state index contributed by atoms with van der Waals surface area (Å²) < 4.78 is 7.58. The molecule has 1 aliphatic heterocycles. The molecule has 0 spiro atoms. The average molecular weight is 339 g/mol. The van der Waals surface area contributed by atoms with Gasteiger partial charge in [0.15, 0.2) is 4.77 Å². The van der Waals surface area contributed by atoms with Gasteiger partial charge in [-0.25, -0.2) is 0 Å². The SMILES string of the molecule is CCc1c(C)sc2[nH]c(=S)n(CCN3CCOCC3)c(=O)c12. The number of nitrogens with one attached hydrogen (secondary N) is 1. The average Bonchev–Trinajstić information content (AvgIpc) is 2.83. The van der Waals surface area contributed by atoms with E-state index in [1.54, 1.807) is 15.9 Å². The summed E-state index contributed by atoms with van der Waals surface area (Å²) in [4.78, 5) is 20.5. The van der Waals surface area contributed by atoms with Crippen molar-refractivity contribution in [2.75, 3.05) is 32.8 Å². The molecule has 1 aliphatic rings. The number of ether oxygens (including phenoxy) is 1. The lowest BCUT2D eigenvalue weighted by molar-refractivity contribution is 0.0362. The molecule has 0 bridgehead atoms. The fraction of sp³-hybridized carbons (Fsp3) is 0.600. The molecular formula is C15H21N3O2S2. The number of thiophene rings is 1. The Morgan fingerprint density at radius 3 is 2.73 bits per heavy atom. The summed E-state index contributed by atoms with van der Waals surface area (Å²) in [5.74, 6) is 0. The van der Waals surface area contributed by atoms with Crippen LogP contribution in [0.25, 0.3) is 10.2 Å². The molecule has 1 saturated heterocycles. The summed E-state index contributed by atoms with van der Waals surface area (Å²) >= 11 is 7.02. The lowest BCUT2D eigenvalue weighted by Gasteiger charge is -2.26. The van der Waals surface area contributed by atoms with Gasteiger partial charge in [0.1, 0.15) is 4.83 Å². The molecule has 1 N–H and O–H groups in total. The molecule has 0 radical (unpaired) electrons. The first-order valence-corrected chi connectivity index (χ1v) is 8.89. The molecule has 5 nitrogen and oxygen atoms in total. The van der Waals surface area contributed by atoms with Crippen LogP contribution in [0.5, 0.6) is 0 Å². The van der Waals surface area contributed by atoms with Gasteiger partial charge in [0.25, 0.3) is 5.56 Å². The number of aromatic amines is 1. The summed E-state index contributed by atoms with van der Waals surface area (Å²) in [6.45, 7) is 9.00. The molecule has 0 aromatic carbocycles. The predicted octanol–water partition coefficient (Wildman–Crippen LogP) is 2.32. The van der Waals surface area contributed by atoms with Crippen LogP contribution >= 0.6 is 23.6 Å². The molecular weight excluding hydrogens is 318 g/mol. The van der Waals surface area contributed by atoms with Gasteiger partial charge in [-0.2, -0.15) is 0 Å². The Labute approximate surface area is 138 Å². The zero-order valence-electron chi connectivity index (χ0n) is 13.0. The number of H-pyrrole nitrogens is 1. The largest absolute Gasteiger partial charge is 0.379 e. The van der Waals surface area contributed by atoms with Crippen LogP contribution in [0, 0.1) is 11.7 Å². The first kappa shape index (κ1) is 15.9. The van der Waals surface area contributed by atoms with Crippen molar-refractivity contribution in [1.82, 2.24) is 14.5 Å². The fourth-order valence-electron chi connectivity index (χ4n) is 2.98. The van der Waals surface area contributed by atoms with Crippen molar-refractivity contribution in [2.45, 2.75) is 26.8 Å². The van der Waals surface area contributed by atoms with Crippen molar-refractivity contribution in [2.24, 2.45) is 0 Å². The third kappa shape index (κ3) is 2.90. The van der Waals surface area contributed by atoms with Gasteiger partial charge in [-0.05, 0) is 31.1 Å². The van der Waals surface area contributed by atoms with Crippen molar-refractivity contribution in [3.63, 3.8) is 0 Å². The van der Waals surface area contributed by atoms with Crippen LogP contribution in [0.3, 0.4) is 0 Å². The van der Waals surface area contributed by atoms with Crippen LogP contribution in [0.4, 0.5) is 0 Å². The second-order valence-corrected chi connectivity index (χ2v) is 7.15. The van der Waals surface area contributed by atoms with E-state index in [2.05, 4.69) is 23.7 Å². The smallest absolute Gasteiger partial charge is 0.263 e. The fourth-order valence-corrected chi connectivity index (χ4v) is 4.46. The standard InChI is InChI=1S/C15H21N3O2S2/c1-3-11-10(2)22-13-12(11)14(19)18(15(21)16-13)5-4-17-6-8-20-9-7-17/h3-9H2,1-2H3,(H,16,21). The molecule has 0 saturated carbocycles. The Balaban J connectivity index is 1.95. The van der Waals surface area contributed by atoms with Crippen LogP contribution in [0.15, 0.2) is 4.79 Å². The van der Waals surface area contributed by atoms with Crippen LogP contribution in [-0.2, 0) is 17.7 Å². The monoisotopic (exact) mass is 339 g/mol. The van der Waals surface area contributed by atoms with Gasteiger partial charge in [0, 0.05) is 31.1 Å². The third-order valence-electron chi connectivity index (χ3n) is 4.23. The number of hydrogen-bond donors (Lipinski definition) is 1. The van der Waals surface area contributed by atoms with Crippen LogP contribution in [-0.4, -0.2) is 47.3 Å². The minimum Gasteiger partial charge on any atom is -0.379 e. The van der Waals surface area contributed by atoms with Gasteiger partial charge in [-0.1, -0.05) is 6.92 Å². The van der Waals surface area contributed by atoms with Gasteiger partial charge < -0.3 is 9.72 Å². The summed E-state index contributed by atoms with van der Waals surface area (Å²) in [7, 11) is 0. The van der Waals surface area contributed by atoms with Gasteiger partial charge in [0.2, 0.25) is 0 Å². The number of rotatable bonds is 4. The maximum absolute atomic E-state index is 12.9. The van der Waals surface area contributed by atoms with E-state index in [0.717, 1.165) is 55.0 Å². The number of morpholine rings is 1. The highest BCUT2D eigenvalue weighted by Gasteiger charge is 2.16. The van der Waals surface area contributed by atoms with E-state index in [1.807, 2.05) is 0 Å². The Hall–Kier alpha value is -1.02. The van der Waals surface area contributed by atoms with E-state index < -0.39 is 0 Å². The summed E-state index contributed by atoms with van der Waals surface area (Å²) in [5.41, 5.74) is 1.20. The Bertz CT molecular complexity index is 784. The highest BCUT2D eigenvalue weighted by molar-refractivity contribution is 7.71. The minimum atomic E-state index is 0.0493. The van der Waals surface area contributed by atoms with E-state index in [0.29, 0.717) is 11.3 Å². The number of fused-ring (bicyclic) bond motifs is 1. The summed E-state index contributed by atoms with van der Waals surface area (Å²) in [6, 6.07) is 0. The Morgan fingerprint density at radius 2 is 2.05 bits per heavy atom. The van der Waals surface area contributed by atoms with Crippen molar-refractivity contribution in [3.8, 4) is 0 Å². The first-order valence-electron chi connectivity index (χ1n) is 7.67. The van der Waals surface area contributed by atoms with Crippen LogP contribution < -0.4 is 5.56 Å². The molecule has 3 heterocycles. The number of aromatic nitrogens is 2. The lowest BCUT2D eigenvalue weighted by atomic mass is 10.1. The van der Waals surface area contributed by atoms with Gasteiger partial charge in [-0.15, -0.1) is 11.3 Å². The maximum Gasteiger partial charge on any atom is 0.263 e. The molecule has 7 heteroatoms. The number of aryl methyl sites for hydroxylation is 2. The molecule has 120 valence electrons. The van der Waals surface area contributed by atoms with Crippen molar-refractivity contribution < 1.29 is 4.74 Å². The van der Waals surface area contributed by atoms with Crippen LogP contribution in [0.1, 0.15) is 17.4 Å². The molecule has 0 atom stereocenters. The number of nitrogens with zero attached hydrogens (tertiary/aromatic N) is 2. The molecule has 0 unspecified atom stereocenters. The molecule has 0 aliphatic carbocycles. The van der Waals surface area contributed by atoms with E-state index in [4.69, 9.17) is 17.0 Å². The molecule has 0 amide bonds. The zero-order chi connectivity index (χ0) is 15.7. The van der Waals surface area contributed by atoms with Crippen molar-refractivity contribution in [3.05, 3.63) is 25.6 Å². The van der Waals surface area contributed by atoms with E-state index in [1.165, 1.54) is 4.88 Å². The summed E-state index contributed by atoms with van der Waals surface area (Å²) in [5, 5.41) is 0.820. The molecule has 1 fully saturated rings. The quantitative estimate of drug-likeness (QED) is 0.869. The molecule has 2 aromatic heterocycles. The molecule has 22 heavy (non-hydrogen) atoms. The molecule has 2 aromatic rings. The van der Waals surface area contributed by atoms with Gasteiger partial charge >= 0.3 is 0 Å². The lowest BCUT2D eigenvalue weighted by Crippen LogP contribution is -2.39. The predicted molar refractivity (Wildman–Crippen MR) is 92.6 cm³/mol. The third-order valence-corrected chi connectivity index (χ3v) is 5.62. The minimum absolute atomic E-state index is 0.0493. The van der Waals surface area contributed by atoms with Crippen molar-refractivity contribution >= 4 is 33.8 Å². The van der Waals surface area contributed by atoms with Crippen molar-refractivity contribution in [1.29, 1.82) is 0 Å². The normalized spacial score (nSPS) is 16.5. The Morgan fingerprint density at radius 1 is 1.32 bits per heavy atom. The highest BCUT2D eigenvalue weighted by Crippen LogP contribution is 2.27. The maximum atomic E-state index is 12.9. The van der Waals surface area contributed by atoms with E-state index in [9.17, 15) is 4.79 Å². The molecule has 3 rings (SSSR count). The Kier molecular flexibility index (Phi) is 4.77. The number of hydrogen-bond acceptors (Lipinski definition) is 5. The first-order chi connectivity index (χ1) is 10.6. The summed E-state index contributed by atoms with van der Waals surface area (Å²) in [6.07, 6.45) is 0.870. The van der Waals surface area contributed by atoms with E-state index >= 15 is 0 Å². The topological polar surface area (TPSA) is 50.3 Å². The van der Waals surface area contributed by atoms with E-state index in [-0.39, 0.29) is 5.56 Å². The second kappa shape index (κ2) is 6.62.